The molecule has 0 saturated carbocycles. The fourth-order valence-corrected chi connectivity index (χ4v) is 3.03. The number of carbonyl (C=O) groups is 2. The SMILES string of the molecule is CCNC(=O)CN(CC)C(=O)Cc1csc(-c2cccc(F)c2)n1. The van der Waals surface area contributed by atoms with Gasteiger partial charge in [0, 0.05) is 24.0 Å². The number of thiazole rings is 1. The molecule has 2 amide bonds. The van der Waals surface area contributed by atoms with E-state index in [9.17, 15) is 14.0 Å². The number of nitrogens with zero attached hydrogens (tertiary/aromatic N) is 2. The van der Waals surface area contributed by atoms with Crippen LogP contribution in [0, 0.1) is 5.82 Å². The molecule has 0 aliphatic carbocycles. The third kappa shape index (κ3) is 4.86. The van der Waals surface area contributed by atoms with Gasteiger partial charge in [-0.15, -0.1) is 11.3 Å². The van der Waals surface area contributed by atoms with Crippen LogP contribution in [0.2, 0.25) is 0 Å². The number of likely N-dealkylation sites (N-methyl/N-ethyl adjacent to an activating group) is 2. The number of rotatable bonds is 7. The molecule has 1 heterocycles. The summed E-state index contributed by atoms with van der Waals surface area (Å²) in [5, 5.41) is 5.14. The first kappa shape index (κ1) is 18.1. The van der Waals surface area contributed by atoms with Crippen LogP contribution in [0.3, 0.4) is 0 Å². The molecular weight excluding hydrogens is 329 g/mol. The Bertz CT molecular complexity index is 717. The highest BCUT2D eigenvalue weighted by atomic mass is 32.1. The number of benzene rings is 1. The Hall–Kier alpha value is -2.28. The quantitative estimate of drug-likeness (QED) is 0.835. The minimum absolute atomic E-state index is 0.0457. The summed E-state index contributed by atoms with van der Waals surface area (Å²) in [4.78, 5) is 29.9. The molecule has 0 saturated heterocycles. The van der Waals surface area contributed by atoms with E-state index in [1.165, 1.54) is 28.4 Å². The van der Waals surface area contributed by atoms with E-state index in [0.29, 0.717) is 29.4 Å². The summed E-state index contributed by atoms with van der Waals surface area (Å²) in [6.07, 6.45) is 0.124. The normalized spacial score (nSPS) is 10.5. The predicted octanol–water partition coefficient (Wildman–Crippen LogP) is 2.48. The summed E-state index contributed by atoms with van der Waals surface area (Å²) in [6, 6.07) is 6.20. The van der Waals surface area contributed by atoms with Gasteiger partial charge in [0.2, 0.25) is 11.8 Å². The molecule has 0 radical (unpaired) electrons. The van der Waals surface area contributed by atoms with E-state index in [1.807, 2.05) is 13.8 Å². The number of carbonyl (C=O) groups excluding carboxylic acids is 2. The molecule has 7 heteroatoms. The van der Waals surface area contributed by atoms with Gasteiger partial charge in [0.25, 0.3) is 0 Å². The van der Waals surface area contributed by atoms with Crippen molar-refractivity contribution in [2.45, 2.75) is 20.3 Å². The van der Waals surface area contributed by atoms with Crippen molar-refractivity contribution in [3.63, 3.8) is 0 Å². The lowest BCUT2D eigenvalue weighted by Crippen LogP contribution is -2.41. The third-order valence-electron chi connectivity index (χ3n) is 3.40. The van der Waals surface area contributed by atoms with E-state index >= 15 is 0 Å². The van der Waals surface area contributed by atoms with E-state index in [1.54, 1.807) is 17.5 Å². The van der Waals surface area contributed by atoms with E-state index in [4.69, 9.17) is 0 Å². The van der Waals surface area contributed by atoms with Crippen LogP contribution in [0.25, 0.3) is 10.6 Å². The molecule has 0 aliphatic rings. The van der Waals surface area contributed by atoms with Crippen LogP contribution in [0.5, 0.6) is 0 Å². The molecule has 0 bridgehead atoms. The van der Waals surface area contributed by atoms with Crippen molar-refractivity contribution >= 4 is 23.2 Å². The van der Waals surface area contributed by atoms with Crippen LogP contribution >= 0.6 is 11.3 Å². The van der Waals surface area contributed by atoms with Gasteiger partial charge in [0.15, 0.2) is 0 Å². The Kier molecular flexibility index (Phi) is 6.43. The average Bonchev–Trinajstić information content (AvgIpc) is 3.01. The second kappa shape index (κ2) is 8.54. The van der Waals surface area contributed by atoms with Crippen molar-refractivity contribution in [1.82, 2.24) is 15.2 Å². The smallest absolute Gasteiger partial charge is 0.239 e. The molecule has 0 spiro atoms. The Balaban J connectivity index is 2.02. The molecule has 0 fully saturated rings. The first-order chi connectivity index (χ1) is 11.5. The molecule has 0 aliphatic heterocycles. The molecule has 2 rings (SSSR count). The largest absolute Gasteiger partial charge is 0.355 e. The Morgan fingerprint density at radius 1 is 1.33 bits per heavy atom. The molecule has 2 aromatic rings. The molecule has 0 atom stereocenters. The average molecular weight is 349 g/mol. The molecule has 0 unspecified atom stereocenters. The van der Waals surface area contributed by atoms with Gasteiger partial charge in [-0.05, 0) is 26.0 Å². The van der Waals surface area contributed by atoms with Crippen LogP contribution in [-0.4, -0.2) is 41.3 Å². The van der Waals surface area contributed by atoms with Gasteiger partial charge in [-0.25, -0.2) is 9.37 Å². The summed E-state index contributed by atoms with van der Waals surface area (Å²) < 4.78 is 13.3. The highest BCUT2D eigenvalue weighted by Crippen LogP contribution is 2.24. The van der Waals surface area contributed by atoms with Gasteiger partial charge in [0.05, 0.1) is 18.7 Å². The van der Waals surface area contributed by atoms with E-state index in [-0.39, 0.29) is 30.6 Å². The minimum Gasteiger partial charge on any atom is -0.355 e. The monoisotopic (exact) mass is 349 g/mol. The van der Waals surface area contributed by atoms with Crippen molar-refractivity contribution in [2.24, 2.45) is 0 Å². The topological polar surface area (TPSA) is 62.3 Å². The second-order valence-corrected chi connectivity index (χ2v) is 6.05. The number of hydrogen-bond acceptors (Lipinski definition) is 4. The Morgan fingerprint density at radius 2 is 2.12 bits per heavy atom. The van der Waals surface area contributed by atoms with Crippen LogP contribution in [0.15, 0.2) is 29.6 Å². The summed E-state index contributed by atoms with van der Waals surface area (Å²) in [5.74, 6) is -0.648. The lowest BCUT2D eigenvalue weighted by Gasteiger charge is -2.19. The number of hydrogen-bond donors (Lipinski definition) is 1. The minimum atomic E-state index is -0.320. The molecule has 1 aromatic heterocycles. The molecule has 5 nitrogen and oxygen atoms in total. The van der Waals surface area contributed by atoms with Crippen LogP contribution in [-0.2, 0) is 16.0 Å². The Morgan fingerprint density at radius 3 is 2.79 bits per heavy atom. The number of nitrogens with one attached hydrogen (secondary N) is 1. The third-order valence-corrected chi connectivity index (χ3v) is 4.34. The summed E-state index contributed by atoms with van der Waals surface area (Å²) >= 11 is 1.37. The van der Waals surface area contributed by atoms with E-state index < -0.39 is 0 Å². The molecule has 128 valence electrons. The zero-order valence-corrected chi connectivity index (χ0v) is 14.5. The molecule has 24 heavy (non-hydrogen) atoms. The maximum absolute atomic E-state index is 13.3. The van der Waals surface area contributed by atoms with Crippen molar-refractivity contribution in [1.29, 1.82) is 0 Å². The van der Waals surface area contributed by atoms with Gasteiger partial charge in [-0.3, -0.25) is 9.59 Å². The summed E-state index contributed by atoms with van der Waals surface area (Å²) in [5.41, 5.74) is 1.31. The molecule has 1 aromatic carbocycles. The van der Waals surface area contributed by atoms with Crippen LogP contribution in [0.1, 0.15) is 19.5 Å². The summed E-state index contributed by atoms with van der Waals surface area (Å²) in [6.45, 7) is 4.70. The van der Waals surface area contributed by atoms with Gasteiger partial charge in [-0.2, -0.15) is 0 Å². The fraction of sp³-hybridized carbons (Fsp3) is 0.353. The first-order valence-electron chi connectivity index (χ1n) is 7.78. The number of amides is 2. The second-order valence-electron chi connectivity index (χ2n) is 5.19. The number of aromatic nitrogens is 1. The van der Waals surface area contributed by atoms with Crippen molar-refractivity contribution < 1.29 is 14.0 Å². The number of halogens is 1. The maximum Gasteiger partial charge on any atom is 0.239 e. The summed E-state index contributed by atoms with van der Waals surface area (Å²) in [7, 11) is 0. The first-order valence-corrected chi connectivity index (χ1v) is 8.66. The zero-order chi connectivity index (χ0) is 17.5. The highest BCUT2D eigenvalue weighted by molar-refractivity contribution is 7.13. The molecular formula is C17H20FN3O2S. The van der Waals surface area contributed by atoms with Crippen LogP contribution in [0.4, 0.5) is 4.39 Å². The van der Waals surface area contributed by atoms with Gasteiger partial charge in [0.1, 0.15) is 10.8 Å². The van der Waals surface area contributed by atoms with E-state index in [2.05, 4.69) is 10.3 Å². The van der Waals surface area contributed by atoms with E-state index in [0.717, 1.165) is 0 Å². The van der Waals surface area contributed by atoms with Crippen molar-refractivity contribution in [3.8, 4) is 10.6 Å². The van der Waals surface area contributed by atoms with Gasteiger partial charge in [-0.1, -0.05) is 12.1 Å². The van der Waals surface area contributed by atoms with Crippen molar-refractivity contribution in [3.05, 3.63) is 41.2 Å². The Labute approximate surface area is 144 Å². The fourth-order valence-electron chi connectivity index (χ4n) is 2.21. The predicted molar refractivity (Wildman–Crippen MR) is 92.1 cm³/mol. The van der Waals surface area contributed by atoms with Gasteiger partial charge < -0.3 is 10.2 Å². The standard InChI is InChI=1S/C17H20FN3O2S/c1-3-19-15(22)10-21(4-2)16(23)9-14-11-24-17(20-14)12-6-5-7-13(18)8-12/h5-8,11H,3-4,9-10H2,1-2H3,(H,19,22). The van der Waals surface area contributed by atoms with Crippen LogP contribution < -0.4 is 5.32 Å². The lowest BCUT2D eigenvalue weighted by molar-refractivity contribution is -0.135. The van der Waals surface area contributed by atoms with Gasteiger partial charge >= 0.3 is 0 Å². The highest BCUT2D eigenvalue weighted by Gasteiger charge is 2.17. The maximum atomic E-state index is 13.3. The lowest BCUT2D eigenvalue weighted by atomic mass is 10.2. The zero-order valence-electron chi connectivity index (χ0n) is 13.7. The van der Waals surface area contributed by atoms with Crippen molar-refractivity contribution in [2.75, 3.05) is 19.6 Å². The molecule has 1 N–H and O–H groups in total.